The van der Waals surface area contributed by atoms with Crippen molar-refractivity contribution >= 4 is 11.8 Å². The number of aromatic nitrogens is 2. The smallest absolute Gasteiger partial charge is 0.325 e. The van der Waals surface area contributed by atoms with Gasteiger partial charge >= 0.3 is 5.69 Å². The van der Waals surface area contributed by atoms with Crippen molar-refractivity contribution in [3.05, 3.63) is 32.6 Å². The Kier molecular flexibility index (Phi) is 3.32. The molecule has 0 amide bonds. The van der Waals surface area contributed by atoms with Crippen LogP contribution in [0.5, 0.6) is 0 Å². The monoisotopic (exact) mass is 278 g/mol. The fourth-order valence-electron chi connectivity index (χ4n) is 1.81. The van der Waals surface area contributed by atoms with Crippen LogP contribution in [0, 0.1) is 0 Å². The molecule has 0 bridgehead atoms. The average Bonchev–Trinajstić information content (AvgIpc) is 2.52. The molecular weight excluding hydrogens is 267 g/mol. The molecule has 0 aliphatic carbocycles. The van der Waals surface area contributed by atoms with Crippen molar-refractivity contribution < 1.29 is 19.7 Å². The molecule has 9 heteroatoms. The first kappa shape index (κ1) is 13.3. The van der Waals surface area contributed by atoms with E-state index in [0.29, 0.717) is 0 Å². The fraction of sp³-hybridized carbons (Fsp3) is 0.556. The molecule has 2 heterocycles. The van der Waals surface area contributed by atoms with E-state index in [2.05, 4.69) is 4.98 Å². The van der Waals surface area contributed by atoms with Crippen molar-refractivity contribution in [2.45, 2.75) is 22.5 Å². The van der Waals surface area contributed by atoms with E-state index in [1.165, 1.54) is 0 Å². The summed E-state index contributed by atoms with van der Waals surface area (Å²) in [4.78, 5) is 26.4. The number of aliphatic hydroxyl groups is 3. The van der Waals surface area contributed by atoms with Crippen molar-refractivity contribution in [2.75, 3.05) is 6.61 Å². The van der Waals surface area contributed by atoms with Crippen LogP contribution in [-0.4, -0.2) is 49.1 Å². The Morgan fingerprint density at radius 2 is 2.17 bits per heavy atom. The zero-order valence-electron chi connectivity index (χ0n) is 8.96. The summed E-state index contributed by atoms with van der Waals surface area (Å²) >= 11 is 0.732. The maximum absolute atomic E-state index is 14.0. The molecular formula is C9H11FN2O5S. The number of aromatic amines is 2. The van der Waals surface area contributed by atoms with Gasteiger partial charge in [0.05, 0.1) is 22.7 Å². The van der Waals surface area contributed by atoms with E-state index in [1.807, 2.05) is 4.98 Å². The molecule has 1 aliphatic rings. The highest BCUT2D eigenvalue weighted by molar-refractivity contribution is 8.00. The number of hydrogen-bond donors (Lipinski definition) is 5. The van der Waals surface area contributed by atoms with Crippen molar-refractivity contribution in [1.82, 2.24) is 9.97 Å². The highest BCUT2D eigenvalue weighted by Gasteiger charge is 2.56. The van der Waals surface area contributed by atoms with Gasteiger partial charge in [0, 0.05) is 6.20 Å². The van der Waals surface area contributed by atoms with Gasteiger partial charge in [0.25, 0.3) is 5.56 Å². The summed E-state index contributed by atoms with van der Waals surface area (Å²) in [5.74, 6) is -3.05. The lowest BCUT2D eigenvalue weighted by molar-refractivity contribution is -0.163. The Bertz CT molecular complexity index is 556. The number of hydrogen-bond acceptors (Lipinski definition) is 6. The number of rotatable bonds is 2. The van der Waals surface area contributed by atoms with Gasteiger partial charge in [-0.15, -0.1) is 11.8 Å². The normalized spacial score (nSPS) is 35.9. The molecule has 1 aromatic heterocycles. The average molecular weight is 278 g/mol. The van der Waals surface area contributed by atoms with Gasteiger partial charge < -0.3 is 20.3 Å². The lowest BCUT2D eigenvalue weighted by atomic mass is 10.0. The first-order valence-electron chi connectivity index (χ1n) is 5.05. The van der Waals surface area contributed by atoms with E-state index >= 15 is 0 Å². The van der Waals surface area contributed by atoms with E-state index in [4.69, 9.17) is 5.11 Å². The van der Waals surface area contributed by atoms with Gasteiger partial charge in [0.2, 0.25) is 5.85 Å². The molecule has 4 atom stereocenters. The summed E-state index contributed by atoms with van der Waals surface area (Å²) in [6, 6.07) is 0. The number of alkyl halides is 1. The van der Waals surface area contributed by atoms with Gasteiger partial charge in [0.15, 0.2) is 0 Å². The molecule has 5 N–H and O–H groups in total. The summed E-state index contributed by atoms with van der Waals surface area (Å²) in [5.41, 5.74) is -1.81. The number of aliphatic hydroxyl groups excluding tert-OH is 2. The van der Waals surface area contributed by atoms with E-state index < -0.39 is 40.3 Å². The maximum atomic E-state index is 14.0. The minimum absolute atomic E-state index is 0.209. The Morgan fingerprint density at radius 1 is 1.50 bits per heavy atom. The number of H-pyrrole nitrogens is 2. The lowest BCUT2D eigenvalue weighted by Gasteiger charge is -2.22. The molecule has 1 aliphatic heterocycles. The zero-order chi connectivity index (χ0) is 13.5. The van der Waals surface area contributed by atoms with Crippen molar-refractivity contribution in [3.8, 4) is 0 Å². The first-order valence-corrected chi connectivity index (χ1v) is 5.99. The van der Waals surface area contributed by atoms with E-state index in [-0.39, 0.29) is 5.56 Å². The predicted octanol–water partition coefficient (Wildman–Crippen LogP) is -1.77. The molecule has 100 valence electrons. The van der Waals surface area contributed by atoms with Gasteiger partial charge in [-0.1, -0.05) is 0 Å². The minimum atomic E-state index is -3.05. The predicted molar refractivity (Wildman–Crippen MR) is 61.0 cm³/mol. The second kappa shape index (κ2) is 4.50. The molecule has 0 aromatic carbocycles. The standard InChI is InChI=1S/C9H11FN2O5S/c10-9(17)5(14)4(2-13)18-6(9)3-1-11-8(16)12-7(3)15/h1,4-6,13-14,17H,2H2,(H2,11,12,15,16)/t4-,5-,6+,9-/m1/s1. The van der Waals surface area contributed by atoms with Crippen LogP contribution < -0.4 is 11.2 Å². The lowest BCUT2D eigenvalue weighted by Crippen LogP contribution is -2.43. The largest absolute Gasteiger partial charge is 0.395 e. The van der Waals surface area contributed by atoms with Crippen molar-refractivity contribution in [1.29, 1.82) is 0 Å². The summed E-state index contributed by atoms with van der Waals surface area (Å²) in [7, 11) is 0. The molecule has 1 saturated heterocycles. The molecule has 0 radical (unpaired) electrons. The molecule has 1 aromatic rings. The highest BCUT2D eigenvalue weighted by Crippen LogP contribution is 2.51. The van der Waals surface area contributed by atoms with E-state index in [1.54, 1.807) is 0 Å². The molecule has 18 heavy (non-hydrogen) atoms. The van der Waals surface area contributed by atoms with Crippen LogP contribution in [-0.2, 0) is 0 Å². The summed E-state index contributed by atoms with van der Waals surface area (Å²) in [5, 5.41) is 25.7. The van der Waals surface area contributed by atoms with Gasteiger partial charge in [-0.05, 0) is 0 Å². The first-order chi connectivity index (χ1) is 8.37. The minimum Gasteiger partial charge on any atom is -0.395 e. The van der Waals surface area contributed by atoms with Crippen LogP contribution in [0.1, 0.15) is 10.8 Å². The summed E-state index contributed by atoms with van der Waals surface area (Å²) < 4.78 is 14.0. The second-order valence-electron chi connectivity index (χ2n) is 3.94. The summed E-state index contributed by atoms with van der Waals surface area (Å²) in [6.07, 6.45) is -0.834. The van der Waals surface area contributed by atoms with Gasteiger partial charge in [-0.2, -0.15) is 0 Å². The maximum Gasteiger partial charge on any atom is 0.325 e. The SMILES string of the molecule is O=c1[nH]cc([C@@H]2S[C@H](CO)[C@@H](O)[C@]2(O)F)c(=O)[nH]1. The molecule has 7 nitrogen and oxygen atoms in total. The molecule has 2 rings (SSSR count). The van der Waals surface area contributed by atoms with Crippen LogP contribution >= 0.6 is 11.8 Å². The number of halogens is 1. The van der Waals surface area contributed by atoms with Crippen LogP contribution in [0.4, 0.5) is 4.39 Å². The number of thioether (sulfide) groups is 1. The third kappa shape index (κ3) is 1.99. The van der Waals surface area contributed by atoms with Gasteiger partial charge in [0.1, 0.15) is 6.10 Å². The van der Waals surface area contributed by atoms with Crippen molar-refractivity contribution in [3.63, 3.8) is 0 Å². The number of nitrogens with one attached hydrogen (secondary N) is 2. The molecule has 0 saturated carbocycles. The van der Waals surface area contributed by atoms with Gasteiger partial charge in [-0.3, -0.25) is 9.78 Å². The Morgan fingerprint density at radius 3 is 2.67 bits per heavy atom. The highest BCUT2D eigenvalue weighted by atomic mass is 32.2. The Hall–Kier alpha value is -1.16. The Labute approximate surface area is 104 Å². The zero-order valence-corrected chi connectivity index (χ0v) is 9.78. The van der Waals surface area contributed by atoms with E-state index in [0.717, 1.165) is 18.0 Å². The summed E-state index contributed by atoms with van der Waals surface area (Å²) in [6.45, 7) is -0.546. The fourth-order valence-corrected chi connectivity index (χ4v) is 3.24. The van der Waals surface area contributed by atoms with Crippen molar-refractivity contribution in [2.24, 2.45) is 0 Å². The van der Waals surface area contributed by atoms with Gasteiger partial charge in [-0.25, -0.2) is 9.18 Å². The van der Waals surface area contributed by atoms with Crippen LogP contribution in [0.15, 0.2) is 15.8 Å². The van der Waals surface area contributed by atoms with Crippen LogP contribution in [0.3, 0.4) is 0 Å². The molecule has 0 spiro atoms. The quantitative estimate of drug-likeness (QED) is 0.436. The van der Waals surface area contributed by atoms with Crippen LogP contribution in [0.2, 0.25) is 0 Å². The molecule has 1 fully saturated rings. The Balaban J connectivity index is 2.45. The third-order valence-corrected chi connectivity index (χ3v) is 4.37. The van der Waals surface area contributed by atoms with Crippen LogP contribution in [0.25, 0.3) is 0 Å². The van der Waals surface area contributed by atoms with E-state index in [9.17, 15) is 24.2 Å². The second-order valence-corrected chi connectivity index (χ2v) is 5.29. The molecule has 0 unspecified atom stereocenters. The third-order valence-electron chi connectivity index (χ3n) is 2.76. The topological polar surface area (TPSA) is 126 Å².